The number of phenolic OH excluding ortho intramolecular Hbond substituents is 2. The summed E-state index contributed by atoms with van der Waals surface area (Å²) in [5, 5.41) is 21.3. The number of hydrogen-bond donors (Lipinski definition) is 2. The number of halogens is 1. The summed E-state index contributed by atoms with van der Waals surface area (Å²) < 4.78 is 7.05. The van der Waals surface area contributed by atoms with E-state index in [0.717, 1.165) is 20.8 Å². The topological polar surface area (TPSA) is 66.8 Å². The smallest absolute Gasteiger partial charge is 0.340 e. The quantitative estimate of drug-likeness (QED) is 0.400. The maximum absolute atomic E-state index is 13.1. The summed E-state index contributed by atoms with van der Waals surface area (Å²) in [5.74, 6) is -0.182. The van der Waals surface area contributed by atoms with Gasteiger partial charge in [0.15, 0.2) is 5.60 Å². The number of carbonyl (C=O) groups is 1. The molecule has 1 aliphatic rings. The number of cyclic esters (lactones) is 1. The molecular formula is C24H15BrO4. The van der Waals surface area contributed by atoms with Gasteiger partial charge in [-0.25, -0.2) is 4.79 Å². The molecular weight excluding hydrogens is 432 g/mol. The molecule has 4 aromatic rings. The molecule has 0 saturated heterocycles. The maximum atomic E-state index is 13.1. The van der Waals surface area contributed by atoms with E-state index in [1.165, 1.54) is 0 Å². The number of carbonyl (C=O) groups excluding carboxylic acids is 1. The Morgan fingerprint density at radius 2 is 1.34 bits per heavy atom. The average Bonchev–Trinajstić information content (AvgIpc) is 2.73. The number of rotatable bonds is 2. The van der Waals surface area contributed by atoms with Gasteiger partial charge in [0.2, 0.25) is 0 Å². The van der Waals surface area contributed by atoms with Crippen LogP contribution in [0.15, 0.2) is 83.3 Å². The Hall–Kier alpha value is -3.31. The lowest BCUT2D eigenvalue weighted by molar-refractivity contribution is 0.0125. The zero-order chi connectivity index (χ0) is 20.2. The SMILES string of the molecule is O=C1OC(c2ccc(O)cc2)(c2ccc(O)cc2)c2cccc3c(Br)ccc1c23. The predicted molar refractivity (Wildman–Crippen MR) is 113 cm³/mol. The van der Waals surface area contributed by atoms with Crippen molar-refractivity contribution in [2.75, 3.05) is 0 Å². The molecule has 4 aromatic carbocycles. The van der Waals surface area contributed by atoms with E-state index < -0.39 is 11.6 Å². The van der Waals surface area contributed by atoms with Gasteiger partial charge in [-0.05, 0) is 41.8 Å². The van der Waals surface area contributed by atoms with E-state index in [0.29, 0.717) is 16.7 Å². The number of esters is 1. The van der Waals surface area contributed by atoms with E-state index in [4.69, 9.17) is 4.74 Å². The van der Waals surface area contributed by atoms with Crippen molar-refractivity contribution in [3.8, 4) is 11.5 Å². The lowest BCUT2D eigenvalue weighted by atomic mass is 9.76. The van der Waals surface area contributed by atoms with Gasteiger partial charge in [-0.3, -0.25) is 0 Å². The zero-order valence-electron chi connectivity index (χ0n) is 15.1. The van der Waals surface area contributed by atoms with Crippen LogP contribution >= 0.6 is 15.9 Å². The van der Waals surface area contributed by atoms with Gasteiger partial charge in [0.05, 0.1) is 5.56 Å². The standard InChI is InChI=1S/C24H15BrO4/c25-21-13-12-19-22-18(21)2-1-3-20(22)24(29-23(19)28,14-4-8-16(26)9-5-14)15-6-10-17(27)11-7-15/h1-13,26-27H. The first-order valence-corrected chi connectivity index (χ1v) is 9.84. The molecule has 0 fully saturated rings. The van der Waals surface area contributed by atoms with Crippen molar-refractivity contribution in [1.82, 2.24) is 0 Å². The fraction of sp³-hybridized carbons (Fsp3) is 0.0417. The van der Waals surface area contributed by atoms with E-state index in [9.17, 15) is 15.0 Å². The van der Waals surface area contributed by atoms with Gasteiger partial charge < -0.3 is 14.9 Å². The Balaban J connectivity index is 1.94. The molecule has 0 bridgehead atoms. The highest BCUT2D eigenvalue weighted by Gasteiger charge is 2.46. The third-order valence-corrected chi connectivity index (χ3v) is 6.07. The molecule has 0 aliphatic carbocycles. The normalized spacial score (nSPS) is 14.6. The van der Waals surface area contributed by atoms with Crippen molar-refractivity contribution in [2.45, 2.75) is 5.60 Å². The van der Waals surface area contributed by atoms with E-state index >= 15 is 0 Å². The van der Waals surface area contributed by atoms with Crippen molar-refractivity contribution in [1.29, 1.82) is 0 Å². The molecule has 0 radical (unpaired) electrons. The van der Waals surface area contributed by atoms with Crippen LogP contribution in [-0.2, 0) is 10.3 Å². The molecule has 0 atom stereocenters. The molecule has 0 amide bonds. The number of phenols is 2. The predicted octanol–water partition coefficient (Wildman–Crippen LogP) is 5.48. The Kier molecular flexibility index (Phi) is 3.89. The lowest BCUT2D eigenvalue weighted by Gasteiger charge is -2.39. The Bertz CT molecular complexity index is 1220. The summed E-state index contributed by atoms with van der Waals surface area (Å²) in [4.78, 5) is 13.1. The summed E-state index contributed by atoms with van der Waals surface area (Å²) in [5.41, 5.74) is 1.51. The largest absolute Gasteiger partial charge is 0.508 e. The molecule has 0 spiro atoms. The molecule has 1 aliphatic heterocycles. The van der Waals surface area contributed by atoms with Gasteiger partial charge in [-0.2, -0.15) is 0 Å². The second kappa shape index (κ2) is 6.36. The minimum absolute atomic E-state index is 0.123. The van der Waals surface area contributed by atoms with Crippen molar-refractivity contribution >= 4 is 32.7 Å². The second-order valence-corrected chi connectivity index (χ2v) is 7.84. The molecule has 142 valence electrons. The molecule has 0 saturated carbocycles. The minimum atomic E-state index is -1.22. The molecule has 5 heteroatoms. The highest BCUT2D eigenvalue weighted by molar-refractivity contribution is 9.10. The number of hydrogen-bond acceptors (Lipinski definition) is 4. The third-order valence-electron chi connectivity index (χ3n) is 5.38. The van der Waals surface area contributed by atoms with Crippen molar-refractivity contribution in [2.24, 2.45) is 0 Å². The summed E-state index contributed by atoms with van der Waals surface area (Å²) in [6.45, 7) is 0. The van der Waals surface area contributed by atoms with Gasteiger partial charge >= 0.3 is 5.97 Å². The van der Waals surface area contributed by atoms with Gasteiger partial charge in [-0.1, -0.05) is 58.4 Å². The molecule has 2 N–H and O–H groups in total. The fourth-order valence-electron chi connectivity index (χ4n) is 4.07. The summed E-state index contributed by atoms with van der Waals surface area (Å²) >= 11 is 3.59. The van der Waals surface area contributed by atoms with Crippen LogP contribution in [0.2, 0.25) is 0 Å². The third kappa shape index (κ3) is 2.54. The first kappa shape index (κ1) is 17.8. The molecule has 4 nitrogen and oxygen atoms in total. The van der Waals surface area contributed by atoms with Crippen molar-refractivity contribution in [3.63, 3.8) is 0 Å². The van der Waals surface area contributed by atoms with Crippen LogP contribution in [0.3, 0.4) is 0 Å². The van der Waals surface area contributed by atoms with Gasteiger partial charge in [0.25, 0.3) is 0 Å². The number of ether oxygens (including phenoxy) is 1. The van der Waals surface area contributed by atoms with Crippen LogP contribution in [0.1, 0.15) is 27.0 Å². The minimum Gasteiger partial charge on any atom is -0.508 e. The first-order valence-electron chi connectivity index (χ1n) is 9.05. The van der Waals surface area contributed by atoms with Crippen LogP contribution in [0, 0.1) is 0 Å². The van der Waals surface area contributed by atoms with E-state index in [1.54, 1.807) is 54.6 Å². The van der Waals surface area contributed by atoms with Gasteiger partial charge in [0, 0.05) is 26.5 Å². The van der Waals surface area contributed by atoms with E-state index in [-0.39, 0.29) is 11.5 Å². The summed E-state index contributed by atoms with van der Waals surface area (Å²) in [7, 11) is 0. The molecule has 0 aromatic heterocycles. The van der Waals surface area contributed by atoms with Crippen LogP contribution in [0.5, 0.6) is 11.5 Å². The fourth-order valence-corrected chi connectivity index (χ4v) is 4.53. The van der Waals surface area contributed by atoms with Gasteiger partial charge in [-0.15, -0.1) is 0 Å². The average molecular weight is 447 g/mol. The monoisotopic (exact) mass is 446 g/mol. The van der Waals surface area contributed by atoms with Gasteiger partial charge in [0.1, 0.15) is 11.5 Å². The van der Waals surface area contributed by atoms with Crippen molar-refractivity contribution in [3.05, 3.63) is 106 Å². The highest BCUT2D eigenvalue weighted by Crippen LogP contribution is 2.49. The maximum Gasteiger partial charge on any atom is 0.340 e. The summed E-state index contributed by atoms with van der Waals surface area (Å²) in [6, 6.07) is 22.7. The number of benzene rings is 4. The first-order chi connectivity index (χ1) is 14.0. The lowest BCUT2D eigenvalue weighted by Crippen LogP contribution is -2.38. The molecule has 29 heavy (non-hydrogen) atoms. The van der Waals surface area contributed by atoms with Crippen molar-refractivity contribution < 1.29 is 19.7 Å². The zero-order valence-corrected chi connectivity index (χ0v) is 16.7. The number of aromatic hydroxyl groups is 2. The Morgan fingerprint density at radius 3 is 1.93 bits per heavy atom. The Labute approximate surface area is 175 Å². The molecule has 0 unspecified atom stereocenters. The van der Waals surface area contributed by atoms with Crippen LogP contribution in [0.25, 0.3) is 10.8 Å². The van der Waals surface area contributed by atoms with E-state index in [2.05, 4.69) is 15.9 Å². The molecule has 1 heterocycles. The second-order valence-electron chi connectivity index (χ2n) is 6.99. The van der Waals surface area contributed by atoms with E-state index in [1.807, 2.05) is 24.3 Å². The van der Waals surface area contributed by atoms with Crippen LogP contribution in [0.4, 0.5) is 0 Å². The van der Waals surface area contributed by atoms with Crippen LogP contribution < -0.4 is 0 Å². The summed E-state index contributed by atoms with van der Waals surface area (Å²) in [6.07, 6.45) is 0. The Morgan fingerprint density at radius 1 is 0.759 bits per heavy atom. The van der Waals surface area contributed by atoms with Crippen LogP contribution in [-0.4, -0.2) is 16.2 Å². The molecule has 5 rings (SSSR count). The highest BCUT2D eigenvalue weighted by atomic mass is 79.9.